The van der Waals surface area contributed by atoms with Crippen molar-refractivity contribution in [1.82, 2.24) is 10.2 Å². The summed E-state index contributed by atoms with van der Waals surface area (Å²) in [5.74, 6) is -0.605. The van der Waals surface area contributed by atoms with Crippen molar-refractivity contribution >= 4 is 12.0 Å². The number of nitrogens with two attached hydrogens (primary N) is 1. The standard InChI is InChI=1S/C22H25N3O3/c23-22(27)25-11-10-20(19(14-25)15-6-2-1-3-7-15)28-21(26)18-13-24-12-16-8-4-5-9-17(16)18/h1-9,18-20,24H,10-14H2,(H2,23,27). The van der Waals surface area contributed by atoms with Crippen molar-refractivity contribution < 1.29 is 14.3 Å². The van der Waals surface area contributed by atoms with E-state index in [9.17, 15) is 9.59 Å². The second-order valence-electron chi connectivity index (χ2n) is 7.45. The molecule has 3 atom stereocenters. The lowest BCUT2D eigenvalue weighted by Gasteiger charge is -2.38. The predicted molar refractivity (Wildman–Crippen MR) is 106 cm³/mol. The SMILES string of the molecule is NC(=O)N1CCC(OC(=O)C2CNCc3ccccc32)C(c2ccccc2)C1. The number of carbonyl (C=O) groups is 2. The monoisotopic (exact) mass is 379 g/mol. The van der Waals surface area contributed by atoms with E-state index < -0.39 is 6.03 Å². The van der Waals surface area contributed by atoms with Gasteiger partial charge in [0.1, 0.15) is 6.10 Å². The summed E-state index contributed by atoms with van der Waals surface area (Å²) in [6.45, 7) is 2.29. The molecule has 1 fully saturated rings. The molecule has 2 aromatic rings. The van der Waals surface area contributed by atoms with Crippen LogP contribution in [0.25, 0.3) is 0 Å². The number of piperidine rings is 1. The molecule has 0 bridgehead atoms. The van der Waals surface area contributed by atoms with Gasteiger partial charge in [-0.05, 0) is 16.7 Å². The smallest absolute Gasteiger partial charge is 0.315 e. The molecule has 3 N–H and O–H groups in total. The first kappa shape index (κ1) is 18.5. The van der Waals surface area contributed by atoms with Crippen LogP contribution in [0.1, 0.15) is 34.9 Å². The maximum Gasteiger partial charge on any atom is 0.315 e. The highest BCUT2D eigenvalue weighted by Gasteiger charge is 2.36. The Hall–Kier alpha value is -2.86. The maximum atomic E-state index is 13.1. The molecular weight excluding hydrogens is 354 g/mol. The number of nitrogens with zero attached hydrogens (tertiary/aromatic N) is 1. The molecule has 2 heterocycles. The predicted octanol–water partition coefficient (Wildman–Crippen LogP) is 2.35. The Morgan fingerprint density at radius 1 is 1.07 bits per heavy atom. The highest BCUT2D eigenvalue weighted by Crippen LogP contribution is 2.32. The van der Waals surface area contributed by atoms with E-state index in [2.05, 4.69) is 5.32 Å². The summed E-state index contributed by atoms with van der Waals surface area (Å²) in [6, 6.07) is 17.4. The summed E-state index contributed by atoms with van der Waals surface area (Å²) in [4.78, 5) is 26.4. The molecule has 28 heavy (non-hydrogen) atoms. The summed E-state index contributed by atoms with van der Waals surface area (Å²) in [6.07, 6.45) is 0.301. The molecule has 0 aliphatic carbocycles. The molecule has 4 rings (SSSR count). The van der Waals surface area contributed by atoms with Gasteiger partial charge >= 0.3 is 12.0 Å². The van der Waals surface area contributed by atoms with Crippen molar-refractivity contribution in [3.05, 3.63) is 71.3 Å². The molecule has 3 unspecified atom stereocenters. The molecule has 1 saturated heterocycles. The van der Waals surface area contributed by atoms with Crippen molar-refractivity contribution in [1.29, 1.82) is 0 Å². The third-order valence-corrected chi connectivity index (χ3v) is 5.74. The third-order valence-electron chi connectivity index (χ3n) is 5.74. The lowest BCUT2D eigenvalue weighted by atomic mass is 9.87. The average Bonchev–Trinajstić information content (AvgIpc) is 2.74. The molecule has 0 saturated carbocycles. The number of rotatable bonds is 3. The summed E-state index contributed by atoms with van der Waals surface area (Å²) in [5, 5.41) is 3.30. The minimum atomic E-state index is -0.434. The number of nitrogens with one attached hydrogen (secondary N) is 1. The van der Waals surface area contributed by atoms with Crippen molar-refractivity contribution in [2.75, 3.05) is 19.6 Å². The van der Waals surface area contributed by atoms with E-state index in [1.54, 1.807) is 4.90 Å². The minimum absolute atomic E-state index is 0.0850. The fourth-order valence-corrected chi connectivity index (χ4v) is 4.23. The molecule has 146 valence electrons. The molecule has 0 spiro atoms. The second kappa shape index (κ2) is 8.02. The van der Waals surface area contributed by atoms with Crippen LogP contribution in [0, 0.1) is 0 Å². The highest BCUT2D eigenvalue weighted by molar-refractivity contribution is 5.79. The van der Waals surface area contributed by atoms with Gasteiger partial charge in [0.15, 0.2) is 0 Å². The van der Waals surface area contributed by atoms with E-state index in [4.69, 9.17) is 10.5 Å². The van der Waals surface area contributed by atoms with Gasteiger partial charge < -0.3 is 20.7 Å². The van der Waals surface area contributed by atoms with Crippen LogP contribution in [-0.2, 0) is 16.1 Å². The van der Waals surface area contributed by atoms with E-state index in [0.29, 0.717) is 26.1 Å². The zero-order valence-corrected chi connectivity index (χ0v) is 15.7. The van der Waals surface area contributed by atoms with Gasteiger partial charge in [-0.1, -0.05) is 54.6 Å². The number of hydrogen-bond acceptors (Lipinski definition) is 4. The van der Waals surface area contributed by atoms with Crippen LogP contribution in [0.3, 0.4) is 0 Å². The maximum absolute atomic E-state index is 13.1. The molecule has 2 aliphatic heterocycles. The van der Waals surface area contributed by atoms with Crippen LogP contribution >= 0.6 is 0 Å². The average molecular weight is 379 g/mol. The van der Waals surface area contributed by atoms with E-state index in [-0.39, 0.29) is 23.9 Å². The number of amides is 2. The summed E-state index contributed by atoms with van der Waals surface area (Å²) in [5.41, 5.74) is 8.72. The Morgan fingerprint density at radius 2 is 1.82 bits per heavy atom. The Labute approximate surface area is 164 Å². The minimum Gasteiger partial charge on any atom is -0.461 e. The lowest BCUT2D eigenvalue weighted by molar-refractivity contribution is -0.154. The number of hydrogen-bond donors (Lipinski definition) is 2. The lowest BCUT2D eigenvalue weighted by Crippen LogP contribution is -2.48. The van der Waals surface area contributed by atoms with Gasteiger partial charge in [0, 0.05) is 38.5 Å². The Balaban J connectivity index is 1.54. The van der Waals surface area contributed by atoms with Gasteiger partial charge in [-0.25, -0.2) is 4.79 Å². The number of ether oxygens (including phenoxy) is 1. The second-order valence-corrected chi connectivity index (χ2v) is 7.45. The number of fused-ring (bicyclic) bond motifs is 1. The zero-order valence-electron chi connectivity index (χ0n) is 15.7. The Bertz CT molecular complexity index is 855. The number of urea groups is 1. The number of primary amides is 1. The van der Waals surface area contributed by atoms with Gasteiger partial charge in [-0.2, -0.15) is 0 Å². The first-order valence-corrected chi connectivity index (χ1v) is 9.72. The number of carbonyl (C=O) groups excluding carboxylic acids is 2. The topological polar surface area (TPSA) is 84.7 Å². The molecule has 0 radical (unpaired) electrons. The summed E-state index contributed by atoms with van der Waals surface area (Å²) < 4.78 is 6.03. The number of benzene rings is 2. The summed E-state index contributed by atoms with van der Waals surface area (Å²) >= 11 is 0. The largest absolute Gasteiger partial charge is 0.461 e. The fraction of sp³-hybridized carbons (Fsp3) is 0.364. The van der Waals surface area contributed by atoms with Crippen LogP contribution in [0.5, 0.6) is 0 Å². The Kier molecular flexibility index (Phi) is 5.30. The normalized spacial score (nSPS) is 24.3. The van der Waals surface area contributed by atoms with Crippen LogP contribution < -0.4 is 11.1 Å². The molecule has 2 amide bonds. The zero-order chi connectivity index (χ0) is 19.5. The number of esters is 1. The van der Waals surface area contributed by atoms with Crippen LogP contribution in [0.15, 0.2) is 54.6 Å². The van der Waals surface area contributed by atoms with Crippen LogP contribution in [0.4, 0.5) is 4.79 Å². The summed E-state index contributed by atoms with van der Waals surface area (Å²) in [7, 11) is 0. The van der Waals surface area contributed by atoms with Gasteiger partial charge in [-0.15, -0.1) is 0 Å². The molecule has 2 aromatic carbocycles. The number of likely N-dealkylation sites (tertiary alicyclic amines) is 1. The first-order valence-electron chi connectivity index (χ1n) is 9.72. The van der Waals surface area contributed by atoms with Crippen molar-refractivity contribution in [3.63, 3.8) is 0 Å². The quantitative estimate of drug-likeness (QED) is 0.802. The van der Waals surface area contributed by atoms with Gasteiger partial charge in [0.05, 0.1) is 5.92 Å². The first-order chi connectivity index (χ1) is 13.6. The van der Waals surface area contributed by atoms with Crippen LogP contribution in [-0.4, -0.2) is 42.6 Å². The van der Waals surface area contributed by atoms with Gasteiger partial charge in [-0.3, -0.25) is 4.79 Å². The Morgan fingerprint density at radius 3 is 2.61 bits per heavy atom. The van der Waals surface area contributed by atoms with Gasteiger partial charge in [0.2, 0.25) is 0 Å². The van der Waals surface area contributed by atoms with Gasteiger partial charge in [0.25, 0.3) is 0 Å². The molecule has 6 nitrogen and oxygen atoms in total. The molecule has 2 aliphatic rings. The molecular formula is C22H25N3O3. The fourth-order valence-electron chi connectivity index (χ4n) is 4.23. The third kappa shape index (κ3) is 3.73. The molecule has 0 aromatic heterocycles. The van der Waals surface area contributed by atoms with E-state index >= 15 is 0 Å². The van der Waals surface area contributed by atoms with Crippen LogP contribution in [0.2, 0.25) is 0 Å². The van der Waals surface area contributed by atoms with E-state index in [1.807, 2.05) is 54.6 Å². The van der Waals surface area contributed by atoms with Crippen molar-refractivity contribution in [3.8, 4) is 0 Å². The highest BCUT2D eigenvalue weighted by atomic mass is 16.5. The van der Waals surface area contributed by atoms with Crippen molar-refractivity contribution in [2.45, 2.75) is 30.9 Å². The molecule has 6 heteroatoms. The van der Waals surface area contributed by atoms with E-state index in [0.717, 1.165) is 23.2 Å². The van der Waals surface area contributed by atoms with Crippen molar-refractivity contribution in [2.24, 2.45) is 5.73 Å². The van der Waals surface area contributed by atoms with E-state index in [1.165, 1.54) is 0 Å².